The Morgan fingerprint density at radius 2 is 1.92 bits per heavy atom. The lowest BCUT2D eigenvalue weighted by atomic mass is 10.3. The summed E-state index contributed by atoms with van der Waals surface area (Å²) in [4.78, 5) is 35.3. The Labute approximate surface area is 141 Å². The first-order chi connectivity index (χ1) is 11.9. The number of benzene rings is 1. The standard InChI is InChI=1S/C16H16F2N4O3/c1-2-7-22-15(24)6-5-13(21-22)16(25)19-9-14(23)20-10-3-4-11(17)12(18)8-10/h3-6,8H,2,7,9H2,1H3,(H,19,25)(H,20,23). The quantitative estimate of drug-likeness (QED) is 0.821. The lowest BCUT2D eigenvalue weighted by Gasteiger charge is -2.08. The first-order valence-corrected chi connectivity index (χ1v) is 7.52. The summed E-state index contributed by atoms with van der Waals surface area (Å²) >= 11 is 0. The Balaban J connectivity index is 1.95. The van der Waals surface area contributed by atoms with Crippen molar-refractivity contribution in [3.05, 3.63) is 58.0 Å². The Kier molecular flexibility index (Phi) is 5.93. The van der Waals surface area contributed by atoms with Crippen LogP contribution >= 0.6 is 0 Å². The SMILES string of the molecule is CCCn1nc(C(=O)NCC(=O)Nc2ccc(F)c(F)c2)ccc1=O. The zero-order valence-electron chi connectivity index (χ0n) is 13.4. The fraction of sp³-hybridized carbons (Fsp3) is 0.250. The molecule has 0 fully saturated rings. The van der Waals surface area contributed by atoms with Crippen LogP contribution in [0.15, 0.2) is 35.1 Å². The largest absolute Gasteiger partial charge is 0.342 e. The van der Waals surface area contributed by atoms with Crippen molar-refractivity contribution in [2.24, 2.45) is 0 Å². The van der Waals surface area contributed by atoms with Crippen molar-refractivity contribution in [2.45, 2.75) is 19.9 Å². The topological polar surface area (TPSA) is 93.1 Å². The Hall–Kier alpha value is -3.10. The average molecular weight is 350 g/mol. The number of halogens is 2. The number of amides is 2. The number of anilines is 1. The van der Waals surface area contributed by atoms with Gasteiger partial charge in [-0.3, -0.25) is 14.4 Å². The molecule has 0 saturated heterocycles. The zero-order valence-corrected chi connectivity index (χ0v) is 13.4. The van der Waals surface area contributed by atoms with Crippen LogP contribution in [0, 0.1) is 11.6 Å². The van der Waals surface area contributed by atoms with Crippen molar-refractivity contribution in [2.75, 3.05) is 11.9 Å². The van der Waals surface area contributed by atoms with E-state index in [-0.39, 0.29) is 16.9 Å². The Morgan fingerprint density at radius 1 is 1.16 bits per heavy atom. The van der Waals surface area contributed by atoms with Crippen LogP contribution in [-0.2, 0) is 11.3 Å². The molecule has 132 valence electrons. The molecule has 0 aliphatic rings. The van der Waals surface area contributed by atoms with Crippen LogP contribution < -0.4 is 16.2 Å². The summed E-state index contributed by atoms with van der Waals surface area (Å²) in [5.41, 5.74) is -0.268. The maximum Gasteiger partial charge on any atom is 0.272 e. The molecule has 0 bridgehead atoms. The molecule has 0 aliphatic carbocycles. The minimum Gasteiger partial charge on any atom is -0.342 e. The maximum atomic E-state index is 13.1. The molecule has 0 saturated carbocycles. The summed E-state index contributed by atoms with van der Waals surface area (Å²) in [6, 6.07) is 5.39. The number of hydrogen-bond acceptors (Lipinski definition) is 4. The van der Waals surface area contributed by atoms with Gasteiger partial charge in [-0.1, -0.05) is 6.92 Å². The number of rotatable bonds is 6. The van der Waals surface area contributed by atoms with Crippen LogP contribution in [-0.4, -0.2) is 28.1 Å². The molecule has 0 radical (unpaired) electrons. The van der Waals surface area contributed by atoms with E-state index >= 15 is 0 Å². The smallest absolute Gasteiger partial charge is 0.272 e. The predicted octanol–water partition coefficient (Wildman–Crippen LogP) is 1.30. The number of carbonyl (C=O) groups is 2. The second-order valence-corrected chi connectivity index (χ2v) is 5.14. The van der Waals surface area contributed by atoms with Gasteiger partial charge in [0, 0.05) is 24.4 Å². The van der Waals surface area contributed by atoms with Crippen molar-refractivity contribution >= 4 is 17.5 Å². The number of carbonyl (C=O) groups excluding carboxylic acids is 2. The molecule has 1 aromatic heterocycles. The molecule has 2 N–H and O–H groups in total. The highest BCUT2D eigenvalue weighted by molar-refractivity contribution is 5.98. The van der Waals surface area contributed by atoms with Gasteiger partial charge in [0.05, 0.1) is 6.54 Å². The zero-order chi connectivity index (χ0) is 18.4. The van der Waals surface area contributed by atoms with E-state index in [2.05, 4.69) is 15.7 Å². The van der Waals surface area contributed by atoms with E-state index in [9.17, 15) is 23.2 Å². The summed E-state index contributed by atoms with van der Waals surface area (Å²) in [6.45, 7) is 1.84. The number of aryl methyl sites for hydroxylation is 1. The summed E-state index contributed by atoms with van der Waals surface area (Å²) in [5.74, 6) is -3.38. The van der Waals surface area contributed by atoms with E-state index < -0.39 is 30.0 Å². The van der Waals surface area contributed by atoms with Gasteiger partial charge in [0.25, 0.3) is 11.5 Å². The fourth-order valence-electron chi connectivity index (χ4n) is 1.97. The van der Waals surface area contributed by atoms with Gasteiger partial charge in [0.2, 0.25) is 5.91 Å². The van der Waals surface area contributed by atoms with Crippen LogP contribution in [0.4, 0.5) is 14.5 Å². The monoisotopic (exact) mass is 350 g/mol. The van der Waals surface area contributed by atoms with Crippen LogP contribution in [0.25, 0.3) is 0 Å². The van der Waals surface area contributed by atoms with Gasteiger partial charge in [-0.2, -0.15) is 5.10 Å². The fourth-order valence-corrected chi connectivity index (χ4v) is 1.97. The van der Waals surface area contributed by atoms with Crippen LogP contribution in [0.5, 0.6) is 0 Å². The molecule has 1 aromatic carbocycles. The highest BCUT2D eigenvalue weighted by Gasteiger charge is 2.12. The Bertz CT molecular complexity index is 852. The molecule has 7 nitrogen and oxygen atoms in total. The third-order valence-electron chi connectivity index (χ3n) is 3.15. The molecule has 0 aliphatic heterocycles. The molecular formula is C16H16F2N4O3. The lowest BCUT2D eigenvalue weighted by Crippen LogP contribution is -2.35. The number of nitrogens with zero attached hydrogens (tertiary/aromatic N) is 2. The second-order valence-electron chi connectivity index (χ2n) is 5.14. The van der Waals surface area contributed by atoms with Crippen LogP contribution in [0.3, 0.4) is 0 Å². The van der Waals surface area contributed by atoms with Gasteiger partial charge in [0.1, 0.15) is 5.69 Å². The highest BCUT2D eigenvalue weighted by atomic mass is 19.2. The Morgan fingerprint density at radius 3 is 2.60 bits per heavy atom. The summed E-state index contributed by atoms with van der Waals surface area (Å²) in [6.07, 6.45) is 0.675. The van der Waals surface area contributed by atoms with Crippen LogP contribution in [0.2, 0.25) is 0 Å². The minimum absolute atomic E-state index is 0.00585. The predicted molar refractivity (Wildman–Crippen MR) is 86.1 cm³/mol. The van der Waals surface area contributed by atoms with Gasteiger partial charge in [0.15, 0.2) is 11.6 Å². The van der Waals surface area contributed by atoms with E-state index in [1.807, 2.05) is 6.92 Å². The second kappa shape index (κ2) is 8.13. The maximum absolute atomic E-state index is 13.1. The van der Waals surface area contributed by atoms with Crippen molar-refractivity contribution in [3.8, 4) is 0 Å². The molecule has 0 unspecified atom stereocenters. The molecule has 0 spiro atoms. The molecule has 2 aromatic rings. The van der Waals surface area contributed by atoms with Gasteiger partial charge < -0.3 is 10.6 Å². The van der Waals surface area contributed by atoms with Crippen molar-refractivity contribution < 1.29 is 18.4 Å². The number of aromatic nitrogens is 2. The van der Waals surface area contributed by atoms with Gasteiger partial charge in [-0.25, -0.2) is 13.5 Å². The van der Waals surface area contributed by atoms with Crippen LogP contribution in [0.1, 0.15) is 23.8 Å². The molecular weight excluding hydrogens is 334 g/mol. The minimum atomic E-state index is -1.09. The average Bonchev–Trinajstić information content (AvgIpc) is 2.58. The van der Waals surface area contributed by atoms with Crippen molar-refractivity contribution in [3.63, 3.8) is 0 Å². The van der Waals surface area contributed by atoms with Gasteiger partial charge in [-0.05, 0) is 24.6 Å². The third kappa shape index (κ3) is 4.93. The summed E-state index contributed by atoms with van der Waals surface area (Å²) in [5, 5.41) is 8.57. The van der Waals surface area contributed by atoms with Gasteiger partial charge in [-0.15, -0.1) is 0 Å². The third-order valence-corrected chi connectivity index (χ3v) is 3.15. The summed E-state index contributed by atoms with van der Waals surface area (Å²) < 4.78 is 27.0. The van der Waals surface area contributed by atoms with E-state index in [4.69, 9.17) is 0 Å². The number of hydrogen-bond donors (Lipinski definition) is 2. The van der Waals surface area contributed by atoms with E-state index in [0.717, 1.165) is 16.8 Å². The number of nitrogens with one attached hydrogen (secondary N) is 2. The molecule has 25 heavy (non-hydrogen) atoms. The first-order valence-electron chi connectivity index (χ1n) is 7.52. The lowest BCUT2D eigenvalue weighted by molar-refractivity contribution is -0.115. The normalized spacial score (nSPS) is 10.4. The molecule has 2 amide bonds. The van der Waals surface area contributed by atoms with E-state index in [0.29, 0.717) is 13.0 Å². The molecule has 2 rings (SSSR count). The molecule has 0 atom stereocenters. The summed E-state index contributed by atoms with van der Waals surface area (Å²) in [7, 11) is 0. The molecule has 9 heteroatoms. The van der Waals surface area contributed by atoms with E-state index in [1.165, 1.54) is 18.2 Å². The highest BCUT2D eigenvalue weighted by Crippen LogP contribution is 2.12. The van der Waals surface area contributed by atoms with Crippen molar-refractivity contribution in [1.82, 2.24) is 15.1 Å². The van der Waals surface area contributed by atoms with E-state index in [1.54, 1.807) is 0 Å². The molecule has 1 heterocycles. The van der Waals surface area contributed by atoms with Crippen molar-refractivity contribution in [1.29, 1.82) is 0 Å². The first kappa shape index (κ1) is 18.2. The van der Waals surface area contributed by atoms with Gasteiger partial charge >= 0.3 is 0 Å².